The molecule has 0 saturated carbocycles. The highest BCUT2D eigenvalue weighted by Crippen LogP contribution is 2.14. The number of para-hydroxylation sites is 1. The fourth-order valence-electron chi connectivity index (χ4n) is 1.19. The van der Waals surface area contributed by atoms with Gasteiger partial charge in [0.2, 0.25) is 5.91 Å². The summed E-state index contributed by atoms with van der Waals surface area (Å²) >= 11 is 5.28. The zero-order chi connectivity index (χ0) is 12.7. The minimum absolute atomic E-state index is 0.0743. The van der Waals surface area contributed by atoms with Gasteiger partial charge < -0.3 is 15.7 Å². The summed E-state index contributed by atoms with van der Waals surface area (Å²) in [7, 11) is 0. The molecule has 0 heterocycles. The van der Waals surface area contributed by atoms with Crippen LogP contribution in [0.3, 0.4) is 0 Å². The highest BCUT2D eigenvalue weighted by Gasteiger charge is 2.08. The van der Waals surface area contributed by atoms with Gasteiger partial charge in [-0.25, -0.2) is 0 Å². The lowest BCUT2D eigenvalue weighted by Gasteiger charge is -2.07. The second-order valence-corrected chi connectivity index (χ2v) is 3.52. The summed E-state index contributed by atoms with van der Waals surface area (Å²) in [6.07, 6.45) is 0. The third-order valence-corrected chi connectivity index (χ3v) is 2.25. The predicted molar refractivity (Wildman–Crippen MR) is 64.2 cm³/mol. The second-order valence-electron chi connectivity index (χ2n) is 3.26. The molecule has 1 aromatic carbocycles. The van der Waals surface area contributed by atoms with Crippen LogP contribution >= 0.6 is 11.6 Å². The van der Waals surface area contributed by atoms with Gasteiger partial charge in [0.1, 0.15) is 11.6 Å². The molecule has 0 aromatic heterocycles. The summed E-state index contributed by atoms with van der Waals surface area (Å²) in [4.78, 5) is 22.4. The van der Waals surface area contributed by atoms with Gasteiger partial charge in [-0.3, -0.25) is 9.59 Å². The molecule has 92 valence electrons. The van der Waals surface area contributed by atoms with E-state index < -0.39 is 0 Å². The Morgan fingerprint density at radius 1 is 1.18 bits per heavy atom. The van der Waals surface area contributed by atoms with Crippen LogP contribution in [-0.2, 0) is 4.79 Å². The summed E-state index contributed by atoms with van der Waals surface area (Å²) in [5.41, 5.74) is 0.205. The van der Waals surface area contributed by atoms with Crippen molar-refractivity contribution in [2.45, 2.75) is 0 Å². The van der Waals surface area contributed by atoms with Gasteiger partial charge in [-0.2, -0.15) is 0 Å². The highest BCUT2D eigenvalue weighted by molar-refractivity contribution is 6.27. The van der Waals surface area contributed by atoms with Crippen LogP contribution in [0.1, 0.15) is 10.4 Å². The largest absolute Gasteiger partial charge is 0.507 e. The number of aromatic hydroxyl groups is 1. The van der Waals surface area contributed by atoms with Gasteiger partial charge in [0.15, 0.2) is 0 Å². The quantitative estimate of drug-likeness (QED) is 0.530. The number of amides is 2. The minimum atomic E-state index is -0.386. The number of alkyl halides is 1. The first-order chi connectivity index (χ1) is 8.15. The fourth-order valence-corrected chi connectivity index (χ4v) is 1.28. The van der Waals surface area contributed by atoms with Crippen molar-refractivity contribution < 1.29 is 14.7 Å². The van der Waals surface area contributed by atoms with Crippen LogP contribution in [-0.4, -0.2) is 35.9 Å². The molecule has 17 heavy (non-hydrogen) atoms. The van der Waals surface area contributed by atoms with Gasteiger partial charge >= 0.3 is 0 Å². The number of benzene rings is 1. The molecule has 0 aliphatic heterocycles. The van der Waals surface area contributed by atoms with E-state index in [0.717, 1.165) is 0 Å². The zero-order valence-electron chi connectivity index (χ0n) is 9.07. The maximum absolute atomic E-state index is 11.6. The van der Waals surface area contributed by atoms with Crippen LogP contribution in [0.4, 0.5) is 0 Å². The molecule has 3 N–H and O–H groups in total. The molecule has 0 aliphatic rings. The number of hydrogen-bond acceptors (Lipinski definition) is 3. The molecule has 0 aliphatic carbocycles. The number of halogens is 1. The van der Waals surface area contributed by atoms with E-state index in [1.165, 1.54) is 12.1 Å². The van der Waals surface area contributed by atoms with E-state index in [2.05, 4.69) is 10.6 Å². The maximum Gasteiger partial charge on any atom is 0.255 e. The lowest BCUT2D eigenvalue weighted by Crippen LogP contribution is -2.35. The summed E-state index contributed by atoms with van der Waals surface area (Å²) < 4.78 is 0. The van der Waals surface area contributed by atoms with Crippen molar-refractivity contribution in [3.05, 3.63) is 29.8 Å². The lowest BCUT2D eigenvalue weighted by atomic mass is 10.2. The van der Waals surface area contributed by atoms with Crippen molar-refractivity contribution in [2.24, 2.45) is 0 Å². The van der Waals surface area contributed by atoms with Crippen LogP contribution in [0, 0.1) is 0 Å². The first-order valence-electron chi connectivity index (χ1n) is 5.04. The topological polar surface area (TPSA) is 78.4 Å². The van der Waals surface area contributed by atoms with Gasteiger partial charge in [0.05, 0.1) is 5.56 Å². The van der Waals surface area contributed by atoms with E-state index in [4.69, 9.17) is 11.6 Å². The van der Waals surface area contributed by atoms with Gasteiger partial charge in [-0.15, -0.1) is 11.6 Å². The average molecular weight is 257 g/mol. The molecular formula is C11H13ClN2O3. The average Bonchev–Trinajstić information content (AvgIpc) is 2.34. The normalized spacial score (nSPS) is 9.71. The number of phenols is 1. The molecular weight excluding hydrogens is 244 g/mol. The second kappa shape index (κ2) is 6.75. The zero-order valence-corrected chi connectivity index (χ0v) is 9.83. The van der Waals surface area contributed by atoms with Crippen molar-refractivity contribution in [2.75, 3.05) is 19.0 Å². The standard InChI is InChI=1S/C11H13ClN2O3/c12-7-10(16)13-5-6-14-11(17)8-3-1-2-4-9(8)15/h1-4,15H,5-7H2,(H,13,16)(H,14,17). The number of rotatable bonds is 5. The van der Waals surface area contributed by atoms with E-state index in [1.807, 2.05) is 0 Å². The van der Waals surface area contributed by atoms with E-state index >= 15 is 0 Å². The Bertz CT molecular complexity index is 409. The molecule has 0 unspecified atom stereocenters. The summed E-state index contributed by atoms with van der Waals surface area (Å²) in [6, 6.07) is 6.24. The van der Waals surface area contributed by atoms with E-state index in [-0.39, 0.29) is 35.6 Å². The molecule has 0 saturated heterocycles. The monoisotopic (exact) mass is 256 g/mol. The Morgan fingerprint density at radius 2 is 1.82 bits per heavy atom. The fraction of sp³-hybridized carbons (Fsp3) is 0.273. The van der Waals surface area contributed by atoms with Gasteiger partial charge in [-0.05, 0) is 12.1 Å². The Labute approximate surface area is 104 Å². The summed E-state index contributed by atoms with van der Waals surface area (Å²) in [6.45, 7) is 0.570. The molecule has 0 radical (unpaired) electrons. The van der Waals surface area contributed by atoms with Crippen molar-refractivity contribution in [1.82, 2.24) is 10.6 Å². The van der Waals surface area contributed by atoms with E-state index in [1.54, 1.807) is 12.1 Å². The predicted octanol–water partition coefficient (Wildman–Crippen LogP) is 0.477. The van der Waals surface area contributed by atoms with Crippen molar-refractivity contribution in [3.8, 4) is 5.75 Å². The third kappa shape index (κ3) is 4.32. The third-order valence-electron chi connectivity index (χ3n) is 2.00. The lowest BCUT2D eigenvalue weighted by molar-refractivity contribution is -0.118. The van der Waals surface area contributed by atoms with Crippen LogP contribution in [0.25, 0.3) is 0 Å². The Morgan fingerprint density at radius 3 is 2.47 bits per heavy atom. The molecule has 5 nitrogen and oxygen atoms in total. The van der Waals surface area contributed by atoms with E-state index in [0.29, 0.717) is 6.54 Å². The number of nitrogens with one attached hydrogen (secondary N) is 2. The molecule has 0 spiro atoms. The number of carbonyl (C=O) groups is 2. The Hall–Kier alpha value is -1.75. The molecule has 0 bridgehead atoms. The maximum atomic E-state index is 11.6. The molecule has 1 aromatic rings. The van der Waals surface area contributed by atoms with Crippen LogP contribution in [0.5, 0.6) is 5.75 Å². The van der Waals surface area contributed by atoms with Crippen molar-refractivity contribution in [3.63, 3.8) is 0 Å². The van der Waals surface area contributed by atoms with Crippen molar-refractivity contribution >= 4 is 23.4 Å². The Balaban J connectivity index is 2.36. The van der Waals surface area contributed by atoms with Gasteiger partial charge in [0, 0.05) is 13.1 Å². The smallest absolute Gasteiger partial charge is 0.255 e. The highest BCUT2D eigenvalue weighted by atomic mass is 35.5. The minimum Gasteiger partial charge on any atom is -0.507 e. The summed E-state index contributed by atoms with van der Waals surface area (Å²) in [5, 5.41) is 14.5. The Kier molecular flexibility index (Phi) is 5.29. The van der Waals surface area contributed by atoms with Crippen LogP contribution < -0.4 is 10.6 Å². The molecule has 6 heteroatoms. The van der Waals surface area contributed by atoms with Crippen molar-refractivity contribution in [1.29, 1.82) is 0 Å². The molecule has 2 amide bonds. The number of phenolic OH excluding ortho intramolecular Hbond substituents is 1. The first-order valence-corrected chi connectivity index (χ1v) is 5.57. The number of carbonyl (C=O) groups excluding carboxylic acids is 2. The van der Waals surface area contributed by atoms with Gasteiger partial charge in [0.25, 0.3) is 5.91 Å². The van der Waals surface area contributed by atoms with E-state index in [9.17, 15) is 14.7 Å². The number of hydrogen-bond donors (Lipinski definition) is 3. The molecule has 1 rings (SSSR count). The SMILES string of the molecule is O=C(CCl)NCCNC(=O)c1ccccc1O. The first kappa shape index (κ1) is 13.3. The summed E-state index contributed by atoms with van der Waals surface area (Å²) in [5.74, 6) is -0.852. The molecule has 0 atom stereocenters. The molecule has 0 fully saturated rings. The van der Waals surface area contributed by atoms with Crippen LogP contribution in [0.2, 0.25) is 0 Å². The van der Waals surface area contributed by atoms with Gasteiger partial charge in [-0.1, -0.05) is 12.1 Å². The van der Waals surface area contributed by atoms with Crippen LogP contribution in [0.15, 0.2) is 24.3 Å².